The Kier molecular flexibility index (Phi) is 10.8. The number of phenols is 1. The SMILES string of the molecule is C=CCOC(=O)NCc1ccc(CONC(=O)[C@@H](Cc2ccc(O)cc2)NC(=O)OC(C)(C)C)cc1. The predicted octanol–water partition coefficient (Wildman–Crippen LogP) is 3.49. The van der Waals surface area contributed by atoms with Crippen molar-refractivity contribution in [2.75, 3.05) is 6.61 Å². The molecule has 36 heavy (non-hydrogen) atoms. The number of hydrogen-bond donors (Lipinski definition) is 4. The molecule has 10 nitrogen and oxygen atoms in total. The molecule has 0 saturated heterocycles. The molecule has 0 aliphatic heterocycles. The molecular formula is C26H33N3O7. The Morgan fingerprint density at radius 1 is 0.972 bits per heavy atom. The third-order valence-corrected chi connectivity index (χ3v) is 4.59. The van der Waals surface area contributed by atoms with E-state index in [1.165, 1.54) is 18.2 Å². The average Bonchev–Trinajstić information content (AvgIpc) is 2.82. The summed E-state index contributed by atoms with van der Waals surface area (Å²) in [4.78, 5) is 41.9. The molecule has 2 rings (SSSR count). The molecule has 0 bridgehead atoms. The summed E-state index contributed by atoms with van der Waals surface area (Å²) in [6.07, 6.45) is 0.369. The highest BCUT2D eigenvalue weighted by Gasteiger charge is 2.25. The van der Waals surface area contributed by atoms with Crippen molar-refractivity contribution in [3.8, 4) is 5.75 Å². The molecule has 0 spiro atoms. The normalized spacial score (nSPS) is 11.6. The summed E-state index contributed by atoms with van der Waals surface area (Å²) in [5, 5.41) is 14.7. The van der Waals surface area contributed by atoms with Gasteiger partial charge in [0, 0.05) is 13.0 Å². The van der Waals surface area contributed by atoms with E-state index in [1.54, 1.807) is 45.0 Å². The van der Waals surface area contributed by atoms with Crippen LogP contribution in [0, 0.1) is 0 Å². The van der Waals surface area contributed by atoms with Gasteiger partial charge in [0.15, 0.2) is 0 Å². The number of hydrogen-bond acceptors (Lipinski definition) is 7. The van der Waals surface area contributed by atoms with Gasteiger partial charge in [-0.1, -0.05) is 49.1 Å². The molecule has 0 aromatic heterocycles. The maximum Gasteiger partial charge on any atom is 0.408 e. The molecule has 3 amide bonds. The van der Waals surface area contributed by atoms with Crippen LogP contribution in [0.3, 0.4) is 0 Å². The first-order valence-corrected chi connectivity index (χ1v) is 11.3. The van der Waals surface area contributed by atoms with E-state index in [4.69, 9.17) is 14.3 Å². The van der Waals surface area contributed by atoms with Crippen LogP contribution in [0.15, 0.2) is 61.2 Å². The quantitative estimate of drug-likeness (QED) is 0.275. The van der Waals surface area contributed by atoms with Gasteiger partial charge in [-0.3, -0.25) is 9.63 Å². The summed E-state index contributed by atoms with van der Waals surface area (Å²) in [5.74, 6) is -0.467. The Balaban J connectivity index is 1.89. The monoisotopic (exact) mass is 499 g/mol. The van der Waals surface area contributed by atoms with Crippen molar-refractivity contribution in [2.24, 2.45) is 0 Å². The number of ether oxygens (including phenoxy) is 2. The first-order chi connectivity index (χ1) is 17.1. The van der Waals surface area contributed by atoms with Crippen LogP contribution in [0.5, 0.6) is 5.75 Å². The fourth-order valence-electron chi connectivity index (χ4n) is 2.90. The standard InChI is InChI=1S/C26H33N3O7/c1-5-14-34-24(32)27-16-19-6-8-20(9-7-19)17-35-29-23(31)22(28-25(33)36-26(2,3)4)15-18-10-12-21(30)13-11-18/h5-13,22,30H,1,14-17H2,2-4H3,(H,27,32)(H,28,33)(H,29,31)/t22-/m1/s1. The molecule has 0 aliphatic carbocycles. The van der Waals surface area contributed by atoms with Gasteiger partial charge in [-0.2, -0.15) is 0 Å². The van der Waals surface area contributed by atoms with E-state index in [0.717, 1.165) is 16.7 Å². The van der Waals surface area contributed by atoms with Crippen LogP contribution in [0.2, 0.25) is 0 Å². The smallest absolute Gasteiger partial charge is 0.408 e. The van der Waals surface area contributed by atoms with E-state index in [-0.39, 0.29) is 25.4 Å². The first-order valence-electron chi connectivity index (χ1n) is 11.3. The lowest BCUT2D eigenvalue weighted by atomic mass is 10.1. The Morgan fingerprint density at radius 2 is 1.58 bits per heavy atom. The van der Waals surface area contributed by atoms with Gasteiger partial charge < -0.3 is 25.2 Å². The number of nitrogens with one attached hydrogen (secondary N) is 3. The summed E-state index contributed by atoms with van der Waals surface area (Å²) in [7, 11) is 0. The van der Waals surface area contributed by atoms with Gasteiger partial charge in [0.2, 0.25) is 0 Å². The van der Waals surface area contributed by atoms with Crippen molar-refractivity contribution in [3.05, 3.63) is 77.9 Å². The van der Waals surface area contributed by atoms with Gasteiger partial charge in [-0.25, -0.2) is 15.1 Å². The summed E-state index contributed by atoms with van der Waals surface area (Å²) < 4.78 is 10.1. The van der Waals surface area contributed by atoms with Gasteiger partial charge in [0.05, 0.1) is 6.61 Å². The van der Waals surface area contributed by atoms with E-state index in [2.05, 4.69) is 22.7 Å². The zero-order chi connectivity index (χ0) is 26.6. The second-order valence-corrected chi connectivity index (χ2v) is 8.88. The fraction of sp³-hybridized carbons (Fsp3) is 0.346. The lowest BCUT2D eigenvalue weighted by Gasteiger charge is -2.23. The van der Waals surface area contributed by atoms with Crippen molar-refractivity contribution < 1.29 is 33.8 Å². The zero-order valence-corrected chi connectivity index (χ0v) is 20.7. The Hall–Kier alpha value is -4.05. The fourth-order valence-corrected chi connectivity index (χ4v) is 2.90. The van der Waals surface area contributed by atoms with Crippen molar-refractivity contribution in [2.45, 2.75) is 52.0 Å². The minimum absolute atomic E-state index is 0.0825. The highest BCUT2D eigenvalue weighted by atomic mass is 16.7. The molecule has 0 unspecified atom stereocenters. The number of amides is 3. The van der Waals surface area contributed by atoms with Crippen molar-refractivity contribution >= 4 is 18.1 Å². The van der Waals surface area contributed by atoms with Crippen molar-refractivity contribution in [1.29, 1.82) is 0 Å². The maximum absolute atomic E-state index is 12.8. The molecular weight excluding hydrogens is 466 g/mol. The van der Waals surface area contributed by atoms with Gasteiger partial charge in [-0.05, 0) is 49.6 Å². The number of benzene rings is 2. The Bertz CT molecular complexity index is 1020. The minimum Gasteiger partial charge on any atom is -0.508 e. The largest absolute Gasteiger partial charge is 0.508 e. The number of aromatic hydroxyl groups is 1. The summed E-state index contributed by atoms with van der Waals surface area (Å²) >= 11 is 0. The summed E-state index contributed by atoms with van der Waals surface area (Å²) in [5.41, 5.74) is 4.00. The molecule has 0 radical (unpaired) electrons. The number of alkyl carbamates (subject to hydrolysis) is 2. The lowest BCUT2D eigenvalue weighted by molar-refractivity contribution is -0.136. The third-order valence-electron chi connectivity index (χ3n) is 4.59. The number of carbonyl (C=O) groups excluding carboxylic acids is 3. The summed E-state index contributed by atoms with van der Waals surface area (Å²) in [6, 6.07) is 12.5. The highest BCUT2D eigenvalue weighted by molar-refractivity contribution is 5.85. The molecule has 4 N–H and O–H groups in total. The molecule has 1 atom stereocenters. The second-order valence-electron chi connectivity index (χ2n) is 8.88. The number of rotatable bonds is 11. The van der Waals surface area contributed by atoms with E-state index in [9.17, 15) is 19.5 Å². The second kappa shape index (κ2) is 13.7. The van der Waals surface area contributed by atoms with E-state index in [0.29, 0.717) is 6.54 Å². The molecule has 2 aromatic carbocycles. The van der Waals surface area contributed by atoms with Crippen LogP contribution in [-0.4, -0.2) is 41.4 Å². The molecule has 2 aromatic rings. The number of phenolic OH excluding ortho intramolecular Hbond substituents is 1. The van der Waals surface area contributed by atoms with Crippen LogP contribution in [0.25, 0.3) is 0 Å². The molecule has 194 valence electrons. The van der Waals surface area contributed by atoms with Crippen LogP contribution in [0.4, 0.5) is 9.59 Å². The van der Waals surface area contributed by atoms with E-state index >= 15 is 0 Å². The van der Waals surface area contributed by atoms with Crippen LogP contribution in [-0.2, 0) is 38.7 Å². The maximum atomic E-state index is 12.8. The van der Waals surface area contributed by atoms with Gasteiger partial charge in [0.25, 0.3) is 5.91 Å². The minimum atomic E-state index is -0.973. The summed E-state index contributed by atoms with van der Waals surface area (Å²) in [6.45, 7) is 9.16. The molecule has 0 heterocycles. The van der Waals surface area contributed by atoms with Gasteiger partial charge in [0.1, 0.15) is 24.0 Å². The number of hydroxylamine groups is 1. The average molecular weight is 500 g/mol. The number of carbonyl (C=O) groups is 3. The first kappa shape index (κ1) is 28.2. The Morgan fingerprint density at radius 3 is 2.19 bits per heavy atom. The third kappa shape index (κ3) is 10.9. The van der Waals surface area contributed by atoms with Crippen LogP contribution in [0.1, 0.15) is 37.5 Å². The van der Waals surface area contributed by atoms with Crippen LogP contribution < -0.4 is 16.1 Å². The Labute approximate surface area is 210 Å². The highest BCUT2D eigenvalue weighted by Crippen LogP contribution is 2.13. The van der Waals surface area contributed by atoms with Crippen molar-refractivity contribution in [1.82, 2.24) is 16.1 Å². The van der Waals surface area contributed by atoms with E-state index < -0.39 is 29.7 Å². The molecule has 0 aliphatic rings. The molecule has 10 heteroatoms. The predicted molar refractivity (Wildman–Crippen MR) is 133 cm³/mol. The van der Waals surface area contributed by atoms with Gasteiger partial charge >= 0.3 is 12.2 Å². The lowest BCUT2D eigenvalue weighted by Crippen LogP contribution is -2.49. The van der Waals surface area contributed by atoms with E-state index in [1.807, 2.05) is 12.1 Å². The topological polar surface area (TPSA) is 135 Å². The zero-order valence-electron chi connectivity index (χ0n) is 20.7. The van der Waals surface area contributed by atoms with Crippen molar-refractivity contribution in [3.63, 3.8) is 0 Å². The molecule has 0 fully saturated rings. The van der Waals surface area contributed by atoms with Gasteiger partial charge in [-0.15, -0.1) is 0 Å². The molecule has 0 saturated carbocycles. The van der Waals surface area contributed by atoms with Crippen LogP contribution >= 0.6 is 0 Å².